The van der Waals surface area contributed by atoms with Gasteiger partial charge >= 0.3 is 5.97 Å². The molecule has 0 aliphatic carbocycles. The smallest absolute Gasteiger partial charge is 0.306 e. The first-order valence-corrected chi connectivity index (χ1v) is 4.24. The lowest BCUT2D eigenvalue weighted by Crippen LogP contribution is -2.18. The van der Waals surface area contributed by atoms with Crippen LogP contribution < -0.4 is 0 Å². The molecular weight excluding hydrogens is 156 g/mol. The van der Waals surface area contributed by atoms with Gasteiger partial charge in [-0.3, -0.25) is 9.59 Å². The van der Waals surface area contributed by atoms with Crippen molar-refractivity contribution in [1.82, 2.24) is 0 Å². The van der Waals surface area contributed by atoms with Gasteiger partial charge in [0.05, 0.1) is 5.92 Å². The molecule has 3 heteroatoms. The van der Waals surface area contributed by atoms with E-state index in [2.05, 4.69) is 0 Å². The van der Waals surface area contributed by atoms with Gasteiger partial charge in [-0.25, -0.2) is 0 Å². The highest BCUT2D eigenvalue weighted by molar-refractivity contribution is 5.81. The van der Waals surface area contributed by atoms with Gasteiger partial charge in [0.2, 0.25) is 0 Å². The Balaban J connectivity index is 3.91. The van der Waals surface area contributed by atoms with E-state index in [4.69, 9.17) is 5.11 Å². The van der Waals surface area contributed by atoms with Gasteiger partial charge in [-0.05, 0) is 6.42 Å². The summed E-state index contributed by atoms with van der Waals surface area (Å²) in [7, 11) is 0. The zero-order chi connectivity index (χ0) is 9.72. The van der Waals surface area contributed by atoms with Crippen molar-refractivity contribution in [1.29, 1.82) is 0 Å². The van der Waals surface area contributed by atoms with Gasteiger partial charge in [-0.1, -0.05) is 20.8 Å². The van der Waals surface area contributed by atoms with Crippen LogP contribution in [0.25, 0.3) is 0 Å². The van der Waals surface area contributed by atoms with Crippen LogP contribution in [0.5, 0.6) is 0 Å². The van der Waals surface area contributed by atoms with E-state index >= 15 is 0 Å². The van der Waals surface area contributed by atoms with Gasteiger partial charge in [-0.15, -0.1) is 0 Å². The molecule has 12 heavy (non-hydrogen) atoms. The lowest BCUT2D eigenvalue weighted by atomic mass is 9.93. The van der Waals surface area contributed by atoms with Crippen LogP contribution >= 0.6 is 0 Å². The first-order chi connectivity index (χ1) is 5.49. The summed E-state index contributed by atoms with van der Waals surface area (Å²) in [5, 5.41) is 8.57. The van der Waals surface area contributed by atoms with E-state index in [1.807, 2.05) is 0 Å². The fourth-order valence-corrected chi connectivity index (χ4v) is 1.11. The van der Waals surface area contributed by atoms with E-state index in [0.29, 0.717) is 12.8 Å². The molecule has 3 nitrogen and oxygen atoms in total. The molecule has 0 saturated heterocycles. The first kappa shape index (κ1) is 11.1. The first-order valence-electron chi connectivity index (χ1n) is 4.24. The minimum Gasteiger partial charge on any atom is -0.481 e. The second-order valence-corrected chi connectivity index (χ2v) is 3.20. The number of carboxylic acid groups (broad SMARTS) is 1. The summed E-state index contributed by atoms with van der Waals surface area (Å²) in [5.74, 6) is -1.23. The Kier molecular flexibility index (Phi) is 4.55. The van der Waals surface area contributed by atoms with Crippen LogP contribution in [0.1, 0.15) is 33.6 Å². The standard InChI is InChI=1S/C9H16O3/c1-4-8(10)6(2)5-7(3)9(11)12/h6-7H,4-5H2,1-3H3,(H,11,12). The molecule has 0 aromatic heterocycles. The van der Waals surface area contributed by atoms with Crippen molar-refractivity contribution in [2.45, 2.75) is 33.6 Å². The van der Waals surface area contributed by atoms with Crippen LogP contribution in [-0.2, 0) is 9.59 Å². The molecule has 0 rings (SSSR count). The molecule has 0 heterocycles. The summed E-state index contributed by atoms with van der Waals surface area (Å²) in [6.45, 7) is 5.21. The molecule has 1 N–H and O–H groups in total. The van der Waals surface area contributed by atoms with Crippen molar-refractivity contribution >= 4 is 11.8 Å². The maximum absolute atomic E-state index is 11.1. The van der Waals surface area contributed by atoms with E-state index in [-0.39, 0.29) is 11.7 Å². The number of aliphatic carboxylic acids is 1. The minimum atomic E-state index is -0.828. The lowest BCUT2D eigenvalue weighted by molar-refractivity contribution is -0.141. The van der Waals surface area contributed by atoms with Gasteiger partial charge in [0.15, 0.2) is 0 Å². The molecule has 70 valence electrons. The number of carboxylic acids is 1. The van der Waals surface area contributed by atoms with Gasteiger partial charge < -0.3 is 5.11 Å². The molecule has 2 atom stereocenters. The van der Waals surface area contributed by atoms with E-state index in [1.165, 1.54) is 0 Å². The molecule has 0 amide bonds. The Hall–Kier alpha value is -0.860. The fraction of sp³-hybridized carbons (Fsp3) is 0.778. The van der Waals surface area contributed by atoms with Crippen molar-refractivity contribution < 1.29 is 14.7 Å². The summed E-state index contributed by atoms with van der Waals surface area (Å²) in [4.78, 5) is 21.5. The molecule has 0 aliphatic heterocycles. The number of rotatable bonds is 5. The second-order valence-electron chi connectivity index (χ2n) is 3.20. The summed E-state index contributed by atoms with van der Waals surface area (Å²) < 4.78 is 0. The zero-order valence-corrected chi connectivity index (χ0v) is 7.83. The lowest BCUT2D eigenvalue weighted by Gasteiger charge is -2.11. The molecule has 0 spiro atoms. The number of Topliss-reactive ketones (excluding diaryl/α,β-unsaturated/α-hetero) is 1. The Labute approximate surface area is 72.8 Å². The van der Waals surface area contributed by atoms with Crippen LogP contribution in [0.15, 0.2) is 0 Å². The number of hydrogen-bond donors (Lipinski definition) is 1. The molecule has 0 aliphatic rings. The Morgan fingerprint density at radius 1 is 1.25 bits per heavy atom. The van der Waals surface area contributed by atoms with E-state index < -0.39 is 11.9 Å². The third-order valence-electron chi connectivity index (χ3n) is 2.03. The van der Waals surface area contributed by atoms with Crippen LogP contribution in [0.3, 0.4) is 0 Å². The van der Waals surface area contributed by atoms with Crippen LogP contribution in [-0.4, -0.2) is 16.9 Å². The summed E-state index contributed by atoms with van der Waals surface area (Å²) in [6, 6.07) is 0. The maximum atomic E-state index is 11.1. The number of ketones is 1. The minimum absolute atomic E-state index is 0.124. The monoisotopic (exact) mass is 172 g/mol. The van der Waals surface area contributed by atoms with Crippen LogP contribution in [0, 0.1) is 11.8 Å². The van der Waals surface area contributed by atoms with Gasteiger partial charge in [0, 0.05) is 12.3 Å². The van der Waals surface area contributed by atoms with Crippen molar-refractivity contribution in [3.8, 4) is 0 Å². The normalized spacial score (nSPS) is 15.2. The third-order valence-corrected chi connectivity index (χ3v) is 2.03. The molecule has 0 fully saturated rings. The summed E-state index contributed by atoms with van der Waals surface area (Å²) >= 11 is 0. The molecule has 0 bridgehead atoms. The highest BCUT2D eigenvalue weighted by Crippen LogP contribution is 2.13. The number of carbonyl (C=O) groups is 2. The molecule has 0 aromatic carbocycles. The number of hydrogen-bond acceptors (Lipinski definition) is 2. The molecule has 0 radical (unpaired) electrons. The highest BCUT2D eigenvalue weighted by atomic mass is 16.4. The number of carbonyl (C=O) groups excluding carboxylic acids is 1. The molecule has 2 unspecified atom stereocenters. The fourth-order valence-electron chi connectivity index (χ4n) is 1.11. The van der Waals surface area contributed by atoms with Gasteiger partial charge in [0.1, 0.15) is 5.78 Å². The van der Waals surface area contributed by atoms with E-state index in [0.717, 1.165) is 0 Å². The van der Waals surface area contributed by atoms with Gasteiger partial charge in [-0.2, -0.15) is 0 Å². The molecule has 0 saturated carbocycles. The predicted octanol–water partition coefficient (Wildman–Crippen LogP) is 1.71. The maximum Gasteiger partial charge on any atom is 0.306 e. The Morgan fingerprint density at radius 2 is 1.75 bits per heavy atom. The average molecular weight is 172 g/mol. The average Bonchev–Trinajstić information content (AvgIpc) is 2.02. The van der Waals surface area contributed by atoms with E-state index in [1.54, 1.807) is 20.8 Å². The Morgan fingerprint density at radius 3 is 2.08 bits per heavy atom. The largest absolute Gasteiger partial charge is 0.481 e. The Bertz CT molecular complexity index is 175. The SMILES string of the molecule is CCC(=O)C(C)CC(C)C(=O)O. The van der Waals surface area contributed by atoms with Crippen molar-refractivity contribution in [2.24, 2.45) is 11.8 Å². The summed E-state index contributed by atoms with van der Waals surface area (Å²) in [5.41, 5.74) is 0. The van der Waals surface area contributed by atoms with Crippen molar-refractivity contribution in [2.75, 3.05) is 0 Å². The third kappa shape index (κ3) is 3.51. The van der Waals surface area contributed by atoms with Crippen LogP contribution in [0.2, 0.25) is 0 Å². The highest BCUT2D eigenvalue weighted by Gasteiger charge is 2.18. The van der Waals surface area contributed by atoms with Crippen LogP contribution in [0.4, 0.5) is 0 Å². The van der Waals surface area contributed by atoms with E-state index in [9.17, 15) is 9.59 Å². The second kappa shape index (κ2) is 4.91. The predicted molar refractivity (Wildman–Crippen MR) is 45.9 cm³/mol. The molecular formula is C9H16O3. The van der Waals surface area contributed by atoms with Crippen molar-refractivity contribution in [3.63, 3.8) is 0 Å². The summed E-state index contributed by atoms with van der Waals surface area (Å²) in [6.07, 6.45) is 0.940. The van der Waals surface area contributed by atoms with Crippen molar-refractivity contribution in [3.05, 3.63) is 0 Å². The topological polar surface area (TPSA) is 54.4 Å². The van der Waals surface area contributed by atoms with Gasteiger partial charge in [0.25, 0.3) is 0 Å². The zero-order valence-electron chi connectivity index (χ0n) is 7.83. The molecule has 0 aromatic rings. The quantitative estimate of drug-likeness (QED) is 0.686.